The van der Waals surface area contributed by atoms with Gasteiger partial charge in [-0.15, -0.1) is 0 Å². The van der Waals surface area contributed by atoms with E-state index in [0.717, 1.165) is 13.0 Å². The van der Waals surface area contributed by atoms with E-state index < -0.39 is 0 Å². The molecule has 0 aromatic carbocycles. The molecule has 0 radical (unpaired) electrons. The molecule has 0 saturated carbocycles. The largest absolute Gasteiger partial charge is 1.00 e. The first-order chi connectivity index (χ1) is 10.7. The van der Waals surface area contributed by atoms with Gasteiger partial charge in [-0.1, -0.05) is 0 Å². The lowest BCUT2D eigenvalue weighted by Gasteiger charge is -2.18. The third kappa shape index (κ3) is 5.77. The van der Waals surface area contributed by atoms with Gasteiger partial charge in [0.05, 0.1) is 0 Å². The maximum Gasteiger partial charge on any atom is 0.173 e. The number of likely N-dealkylation sites (tertiary alicyclic amines) is 1. The molecule has 0 bridgehead atoms. The summed E-state index contributed by atoms with van der Waals surface area (Å²) in [6.45, 7) is 2.31. The summed E-state index contributed by atoms with van der Waals surface area (Å²) in [4.78, 5) is 2.48. The van der Waals surface area contributed by atoms with Gasteiger partial charge in [-0.3, -0.25) is 4.90 Å². The summed E-state index contributed by atoms with van der Waals surface area (Å²) in [5.74, 6) is 0. The summed E-state index contributed by atoms with van der Waals surface area (Å²) < 4.78 is 4.48. The van der Waals surface area contributed by atoms with Crippen LogP contribution in [0.15, 0.2) is 49.1 Å². The van der Waals surface area contributed by atoms with Crippen molar-refractivity contribution in [2.45, 2.75) is 38.3 Å². The second-order valence-corrected chi connectivity index (χ2v) is 6.49. The van der Waals surface area contributed by atoms with Crippen LogP contribution in [0.3, 0.4) is 0 Å². The van der Waals surface area contributed by atoms with Gasteiger partial charge in [-0.25, -0.2) is 9.13 Å². The Morgan fingerprint density at radius 1 is 1.17 bits per heavy atom. The number of rotatable bonds is 5. The van der Waals surface area contributed by atoms with Crippen molar-refractivity contribution >= 4 is 0 Å². The minimum absolute atomic E-state index is 0. The second kappa shape index (κ2) is 10.5. The fourth-order valence-electron chi connectivity index (χ4n) is 3.47. The van der Waals surface area contributed by atoms with E-state index in [1.807, 2.05) is 0 Å². The Labute approximate surface area is 173 Å². The summed E-state index contributed by atoms with van der Waals surface area (Å²) >= 11 is 0. The zero-order valence-electron chi connectivity index (χ0n) is 14.5. The molecule has 0 aliphatic carbocycles. The molecule has 2 aromatic heterocycles. The van der Waals surface area contributed by atoms with E-state index in [4.69, 9.17) is 0 Å². The molecular formula is C19H27BrIN3. The first-order valence-electron chi connectivity index (χ1n) is 8.36. The highest BCUT2D eigenvalue weighted by Crippen LogP contribution is 2.29. The van der Waals surface area contributed by atoms with Crippen molar-refractivity contribution in [2.75, 3.05) is 13.6 Å². The van der Waals surface area contributed by atoms with Crippen LogP contribution in [0.1, 0.15) is 36.4 Å². The second-order valence-electron chi connectivity index (χ2n) is 6.49. The maximum absolute atomic E-state index is 2.48. The molecule has 3 heterocycles. The van der Waals surface area contributed by atoms with Crippen LogP contribution in [0.4, 0.5) is 0 Å². The zero-order valence-corrected chi connectivity index (χ0v) is 18.3. The smallest absolute Gasteiger partial charge is 0.173 e. The summed E-state index contributed by atoms with van der Waals surface area (Å²) in [6, 6.07) is 9.43. The monoisotopic (exact) mass is 503 g/mol. The Bertz CT molecular complexity index is 636. The quantitative estimate of drug-likeness (QED) is 0.301. The third-order valence-electron chi connectivity index (χ3n) is 4.67. The van der Waals surface area contributed by atoms with Gasteiger partial charge in [-0.05, 0) is 45.0 Å². The molecule has 24 heavy (non-hydrogen) atoms. The van der Waals surface area contributed by atoms with Crippen LogP contribution >= 0.6 is 0 Å². The fraction of sp³-hybridized carbons (Fsp3) is 0.474. The van der Waals surface area contributed by atoms with Crippen molar-refractivity contribution in [1.82, 2.24) is 4.90 Å². The number of hydrogen-bond donors (Lipinski definition) is 0. The Balaban J connectivity index is 0.00000144. The molecule has 3 rings (SSSR count). The van der Waals surface area contributed by atoms with Crippen LogP contribution in [-0.2, 0) is 20.0 Å². The van der Waals surface area contributed by atoms with Crippen molar-refractivity contribution in [2.24, 2.45) is 7.05 Å². The van der Waals surface area contributed by atoms with Crippen LogP contribution in [0.25, 0.3) is 0 Å². The molecule has 1 atom stereocenters. The van der Waals surface area contributed by atoms with Crippen LogP contribution < -0.4 is 50.1 Å². The molecule has 1 aliphatic rings. The van der Waals surface area contributed by atoms with E-state index in [2.05, 4.69) is 77.2 Å². The molecule has 2 aromatic rings. The van der Waals surface area contributed by atoms with Gasteiger partial charge >= 0.3 is 0 Å². The average molecular weight is 504 g/mol. The van der Waals surface area contributed by atoms with E-state index in [1.165, 1.54) is 36.9 Å². The first kappa shape index (κ1) is 21.5. The average Bonchev–Trinajstić information content (AvgIpc) is 2.94. The molecule has 1 saturated heterocycles. The highest BCUT2D eigenvalue weighted by atomic mass is 127. The van der Waals surface area contributed by atoms with E-state index in [1.54, 1.807) is 0 Å². The van der Waals surface area contributed by atoms with Crippen molar-refractivity contribution in [3.63, 3.8) is 0 Å². The first-order valence-corrected chi connectivity index (χ1v) is 8.36. The fourth-order valence-corrected chi connectivity index (χ4v) is 3.47. The summed E-state index contributed by atoms with van der Waals surface area (Å²) in [5, 5.41) is 0. The normalized spacial score (nSPS) is 17.2. The maximum atomic E-state index is 2.48. The molecule has 0 N–H and O–H groups in total. The minimum atomic E-state index is 0. The number of aromatic nitrogens is 2. The standard InChI is InChI=1S/C19H27N3.BrH.HI/c1-20-11-3-7-17(15-20)8-4-13-22-14-5-9-18(16-22)19-10-6-12-21(19)2;;/h3,5,7,9,11,14-16,19H,4,6,8,10,12-13H2,1-2H3;2*1H/q+2;;/p-2/t19-;;/m1../s1. The summed E-state index contributed by atoms with van der Waals surface area (Å²) in [6.07, 6.45) is 13.8. The highest BCUT2D eigenvalue weighted by Gasteiger charge is 2.24. The van der Waals surface area contributed by atoms with E-state index in [-0.39, 0.29) is 41.0 Å². The van der Waals surface area contributed by atoms with Crippen LogP contribution in [0.5, 0.6) is 0 Å². The van der Waals surface area contributed by atoms with Crippen molar-refractivity contribution in [3.05, 3.63) is 60.2 Å². The number of halogens is 2. The van der Waals surface area contributed by atoms with Gasteiger partial charge in [0, 0.05) is 35.7 Å². The van der Waals surface area contributed by atoms with Crippen molar-refractivity contribution in [3.8, 4) is 0 Å². The predicted molar refractivity (Wildman–Crippen MR) is 87.2 cm³/mol. The SMILES string of the molecule is CN1CCC[C@@H]1c1ccc[n+](CCCc2ccc[n+](C)c2)c1.[Br-].[I-]. The summed E-state index contributed by atoms with van der Waals surface area (Å²) in [5.41, 5.74) is 2.88. The number of hydrogen-bond acceptors (Lipinski definition) is 1. The van der Waals surface area contributed by atoms with Gasteiger partial charge < -0.3 is 41.0 Å². The van der Waals surface area contributed by atoms with Crippen LogP contribution in [0.2, 0.25) is 0 Å². The van der Waals surface area contributed by atoms with E-state index in [0.29, 0.717) is 6.04 Å². The Morgan fingerprint density at radius 3 is 2.67 bits per heavy atom. The lowest BCUT2D eigenvalue weighted by molar-refractivity contribution is -0.697. The van der Waals surface area contributed by atoms with E-state index in [9.17, 15) is 0 Å². The lowest BCUT2D eigenvalue weighted by Crippen LogP contribution is -3.00. The third-order valence-corrected chi connectivity index (χ3v) is 4.67. The van der Waals surface area contributed by atoms with E-state index >= 15 is 0 Å². The minimum Gasteiger partial charge on any atom is -1.00 e. The number of nitrogens with zero attached hydrogens (tertiary/aromatic N) is 3. The lowest BCUT2D eigenvalue weighted by atomic mass is 10.1. The molecule has 132 valence electrons. The topological polar surface area (TPSA) is 11.0 Å². The molecular weight excluding hydrogens is 477 g/mol. The zero-order chi connectivity index (χ0) is 15.4. The highest BCUT2D eigenvalue weighted by molar-refractivity contribution is 5.12. The molecule has 1 aliphatic heterocycles. The van der Waals surface area contributed by atoms with Crippen LogP contribution in [0, 0.1) is 0 Å². The molecule has 3 nitrogen and oxygen atoms in total. The van der Waals surface area contributed by atoms with Crippen molar-refractivity contribution in [1.29, 1.82) is 0 Å². The molecule has 0 amide bonds. The molecule has 0 unspecified atom stereocenters. The van der Waals surface area contributed by atoms with Crippen LogP contribution in [-0.4, -0.2) is 18.5 Å². The summed E-state index contributed by atoms with van der Waals surface area (Å²) in [7, 11) is 4.32. The number of aryl methyl sites for hydroxylation is 3. The predicted octanol–water partition coefficient (Wildman–Crippen LogP) is -3.79. The van der Waals surface area contributed by atoms with Gasteiger partial charge in [0.2, 0.25) is 0 Å². The van der Waals surface area contributed by atoms with Gasteiger partial charge in [0.25, 0.3) is 0 Å². The van der Waals surface area contributed by atoms with Gasteiger partial charge in [-0.2, -0.15) is 0 Å². The molecule has 0 spiro atoms. The Kier molecular flexibility index (Phi) is 9.37. The van der Waals surface area contributed by atoms with Gasteiger partial charge in [0.15, 0.2) is 24.8 Å². The Hall–Kier alpha value is -0.530. The van der Waals surface area contributed by atoms with Crippen molar-refractivity contribution < 1.29 is 50.1 Å². The number of pyridine rings is 2. The molecule has 5 heteroatoms. The Morgan fingerprint density at radius 2 is 1.96 bits per heavy atom. The molecule has 1 fully saturated rings. The van der Waals surface area contributed by atoms with Gasteiger partial charge in [0.1, 0.15) is 13.6 Å².